The highest BCUT2D eigenvalue weighted by atomic mass is 16.4. The summed E-state index contributed by atoms with van der Waals surface area (Å²) in [6.07, 6.45) is 0. The van der Waals surface area contributed by atoms with Crippen LogP contribution >= 0.6 is 0 Å². The molecule has 4 nitrogen and oxygen atoms in total. The van der Waals surface area contributed by atoms with Gasteiger partial charge < -0.3 is 15.0 Å². The lowest BCUT2D eigenvalue weighted by atomic mass is 9.72. The zero-order valence-electron chi connectivity index (χ0n) is 8.61. The molecule has 4 rings (SSSR count). The highest BCUT2D eigenvalue weighted by Crippen LogP contribution is 2.37. The molecule has 1 N–H and O–H groups in total. The first-order chi connectivity index (χ1) is 6.71. The summed E-state index contributed by atoms with van der Waals surface area (Å²) in [5.74, 6) is 0.468. The molecule has 0 aromatic heterocycles. The maximum atomic E-state index is 9.11. The molecule has 0 aliphatic carbocycles. The smallest absolute Gasteiger partial charge is 0.0711 e. The van der Waals surface area contributed by atoms with Crippen molar-refractivity contribution >= 4 is 5.71 Å². The average molecular weight is 195 g/mol. The topological polar surface area (TPSA) is 39.1 Å². The lowest BCUT2D eigenvalue weighted by Gasteiger charge is -2.48. The maximum Gasteiger partial charge on any atom is 0.0711 e. The molecule has 4 saturated heterocycles. The first-order valence-electron chi connectivity index (χ1n) is 5.38. The molecule has 4 fully saturated rings. The van der Waals surface area contributed by atoms with Gasteiger partial charge in [-0.2, -0.15) is 0 Å². The van der Waals surface area contributed by atoms with Gasteiger partial charge in [-0.25, -0.2) is 0 Å². The van der Waals surface area contributed by atoms with Gasteiger partial charge in [0, 0.05) is 50.6 Å². The van der Waals surface area contributed by atoms with E-state index in [0.717, 1.165) is 31.9 Å². The molecule has 4 heterocycles. The fraction of sp³-hybridized carbons (Fsp3) is 0.900. The van der Waals surface area contributed by atoms with Crippen LogP contribution in [-0.4, -0.2) is 60.0 Å². The van der Waals surface area contributed by atoms with E-state index in [-0.39, 0.29) is 5.41 Å². The predicted molar refractivity (Wildman–Crippen MR) is 53.7 cm³/mol. The number of fused-ring (bicyclic) bond motifs is 1. The first-order valence-corrected chi connectivity index (χ1v) is 5.38. The Kier molecular flexibility index (Phi) is 1.67. The molecule has 2 unspecified atom stereocenters. The minimum Gasteiger partial charge on any atom is -0.411 e. The van der Waals surface area contributed by atoms with Crippen molar-refractivity contribution in [2.75, 3.05) is 39.3 Å². The molecule has 14 heavy (non-hydrogen) atoms. The number of piperidine rings is 2. The lowest BCUT2D eigenvalue weighted by Crippen LogP contribution is -2.60. The number of nitrogens with zero attached hydrogens (tertiary/aromatic N) is 3. The second-order valence-electron chi connectivity index (χ2n) is 5.21. The van der Waals surface area contributed by atoms with Crippen LogP contribution in [0.3, 0.4) is 0 Å². The van der Waals surface area contributed by atoms with Crippen LogP contribution in [0.15, 0.2) is 5.16 Å². The summed E-state index contributed by atoms with van der Waals surface area (Å²) in [6, 6.07) is 0. The van der Waals surface area contributed by atoms with Gasteiger partial charge >= 0.3 is 0 Å². The Morgan fingerprint density at radius 1 is 1.29 bits per heavy atom. The summed E-state index contributed by atoms with van der Waals surface area (Å²) in [5.41, 5.74) is 1.15. The number of hydrogen-bond donors (Lipinski definition) is 1. The summed E-state index contributed by atoms with van der Waals surface area (Å²) in [6.45, 7) is 8.92. The van der Waals surface area contributed by atoms with E-state index in [4.69, 9.17) is 5.21 Å². The molecule has 0 radical (unpaired) electrons. The van der Waals surface area contributed by atoms with Crippen LogP contribution < -0.4 is 0 Å². The van der Waals surface area contributed by atoms with E-state index in [1.54, 1.807) is 0 Å². The minimum atomic E-state index is 0.104. The molecule has 2 atom stereocenters. The van der Waals surface area contributed by atoms with Gasteiger partial charge in [-0.1, -0.05) is 12.1 Å². The molecule has 0 spiro atoms. The zero-order valence-corrected chi connectivity index (χ0v) is 8.61. The van der Waals surface area contributed by atoms with Crippen LogP contribution in [0.2, 0.25) is 0 Å². The zero-order chi connectivity index (χ0) is 9.76. The fourth-order valence-electron chi connectivity index (χ4n) is 3.50. The van der Waals surface area contributed by atoms with Crippen LogP contribution in [0.5, 0.6) is 0 Å². The van der Waals surface area contributed by atoms with Crippen LogP contribution in [0.25, 0.3) is 0 Å². The molecule has 4 heteroatoms. The van der Waals surface area contributed by atoms with Gasteiger partial charge in [-0.05, 0) is 0 Å². The van der Waals surface area contributed by atoms with E-state index >= 15 is 0 Å². The normalized spacial score (nSPS) is 53.8. The van der Waals surface area contributed by atoms with E-state index in [1.165, 1.54) is 13.1 Å². The van der Waals surface area contributed by atoms with Crippen LogP contribution in [0.1, 0.15) is 6.92 Å². The van der Waals surface area contributed by atoms with Crippen molar-refractivity contribution in [1.29, 1.82) is 0 Å². The Hall–Kier alpha value is -0.610. The van der Waals surface area contributed by atoms with Gasteiger partial charge in [-0.15, -0.1) is 0 Å². The first kappa shape index (κ1) is 8.68. The van der Waals surface area contributed by atoms with Crippen LogP contribution in [0, 0.1) is 11.3 Å². The quantitative estimate of drug-likeness (QED) is 0.439. The Morgan fingerprint density at radius 3 is 2.29 bits per heavy atom. The number of hydrogen-bond acceptors (Lipinski definition) is 4. The van der Waals surface area contributed by atoms with E-state index in [9.17, 15) is 0 Å². The third-order valence-corrected chi connectivity index (χ3v) is 3.95. The van der Waals surface area contributed by atoms with Crippen LogP contribution in [-0.2, 0) is 0 Å². The van der Waals surface area contributed by atoms with Crippen molar-refractivity contribution in [3.05, 3.63) is 0 Å². The second-order valence-corrected chi connectivity index (χ2v) is 5.21. The molecule has 4 aliphatic heterocycles. The summed E-state index contributed by atoms with van der Waals surface area (Å²) >= 11 is 0. The summed E-state index contributed by atoms with van der Waals surface area (Å²) in [7, 11) is 0. The largest absolute Gasteiger partial charge is 0.411 e. The van der Waals surface area contributed by atoms with E-state index < -0.39 is 0 Å². The van der Waals surface area contributed by atoms with Crippen molar-refractivity contribution in [1.82, 2.24) is 9.80 Å². The van der Waals surface area contributed by atoms with Gasteiger partial charge in [0.25, 0.3) is 0 Å². The molecule has 4 bridgehead atoms. The molecular formula is C10H17N3O. The number of oxime groups is 1. The molecule has 0 aromatic carbocycles. The molecular weight excluding hydrogens is 178 g/mol. The second kappa shape index (κ2) is 2.70. The highest BCUT2D eigenvalue weighted by molar-refractivity contribution is 5.94. The highest BCUT2D eigenvalue weighted by Gasteiger charge is 2.49. The monoisotopic (exact) mass is 195 g/mol. The van der Waals surface area contributed by atoms with E-state index in [1.807, 2.05) is 0 Å². The van der Waals surface area contributed by atoms with E-state index in [0.29, 0.717) is 5.92 Å². The standard InChI is InChI=1S/C10H17N3O/c1-10-6-12-2-3-13(7-10)5-8(4-12)9(10)11-14/h8,14H,2-7H2,1H3/b11-9+. The molecule has 78 valence electrons. The Balaban J connectivity index is 2.03. The maximum absolute atomic E-state index is 9.11. The molecule has 0 saturated carbocycles. The predicted octanol–water partition coefficient (Wildman–Crippen LogP) is 0.0839. The Bertz CT molecular complexity index is 273. The SMILES string of the molecule is CC12CN3CCN(CC(C3)/C1=N\O)C2. The van der Waals surface area contributed by atoms with Gasteiger partial charge in [0.1, 0.15) is 0 Å². The molecule has 0 aromatic rings. The van der Waals surface area contributed by atoms with E-state index in [2.05, 4.69) is 21.9 Å². The van der Waals surface area contributed by atoms with Crippen molar-refractivity contribution in [3.63, 3.8) is 0 Å². The van der Waals surface area contributed by atoms with Crippen molar-refractivity contribution in [3.8, 4) is 0 Å². The summed E-state index contributed by atoms with van der Waals surface area (Å²) in [5, 5.41) is 12.7. The molecule has 0 amide bonds. The van der Waals surface area contributed by atoms with Crippen LogP contribution in [0.4, 0.5) is 0 Å². The van der Waals surface area contributed by atoms with Gasteiger partial charge in [0.15, 0.2) is 0 Å². The third-order valence-electron chi connectivity index (χ3n) is 3.95. The van der Waals surface area contributed by atoms with Crippen molar-refractivity contribution in [2.24, 2.45) is 16.5 Å². The Morgan fingerprint density at radius 2 is 1.86 bits per heavy atom. The van der Waals surface area contributed by atoms with Gasteiger partial charge in [-0.3, -0.25) is 0 Å². The number of rotatable bonds is 0. The summed E-state index contributed by atoms with van der Waals surface area (Å²) < 4.78 is 0. The lowest BCUT2D eigenvalue weighted by molar-refractivity contribution is 0.123. The Labute approximate surface area is 84.2 Å². The fourth-order valence-corrected chi connectivity index (χ4v) is 3.50. The van der Waals surface area contributed by atoms with Crippen molar-refractivity contribution < 1.29 is 5.21 Å². The van der Waals surface area contributed by atoms with Gasteiger partial charge in [0.05, 0.1) is 5.71 Å². The van der Waals surface area contributed by atoms with Gasteiger partial charge in [0.2, 0.25) is 0 Å². The molecule has 4 aliphatic rings. The summed E-state index contributed by atoms with van der Waals surface area (Å²) in [4.78, 5) is 5.04. The van der Waals surface area contributed by atoms with Crippen molar-refractivity contribution in [2.45, 2.75) is 6.92 Å². The minimum absolute atomic E-state index is 0.104. The third kappa shape index (κ3) is 1.04. The average Bonchev–Trinajstić information content (AvgIpc) is 2.32.